The van der Waals surface area contributed by atoms with Gasteiger partial charge in [-0.2, -0.15) is 0 Å². The van der Waals surface area contributed by atoms with Crippen molar-refractivity contribution in [3.8, 4) is 0 Å². The predicted molar refractivity (Wildman–Crippen MR) is 57.4 cm³/mol. The Morgan fingerprint density at radius 1 is 1.40 bits per heavy atom. The molecule has 3 atom stereocenters. The van der Waals surface area contributed by atoms with E-state index >= 15 is 0 Å². The van der Waals surface area contributed by atoms with E-state index in [2.05, 4.69) is 0 Å². The fraction of sp³-hybridized carbons (Fsp3) is 0.909. The van der Waals surface area contributed by atoms with Gasteiger partial charge >= 0.3 is 6.09 Å². The normalized spacial score (nSPS) is 34.7. The maximum Gasteiger partial charge on any atom is 0.410 e. The zero-order valence-electron chi connectivity index (χ0n) is 9.69. The average molecular weight is 212 g/mol. The molecule has 86 valence electrons. The summed E-state index contributed by atoms with van der Waals surface area (Å²) in [5.74, 6) is 0.488. The summed E-state index contributed by atoms with van der Waals surface area (Å²) in [4.78, 5) is 13.7. The number of amides is 1. The lowest BCUT2D eigenvalue weighted by atomic mass is 10.1. The van der Waals surface area contributed by atoms with E-state index in [4.69, 9.17) is 10.5 Å². The van der Waals surface area contributed by atoms with Gasteiger partial charge < -0.3 is 15.4 Å². The highest BCUT2D eigenvalue weighted by Gasteiger charge is 2.47. The summed E-state index contributed by atoms with van der Waals surface area (Å²) in [6, 6.07) is 0.377. The van der Waals surface area contributed by atoms with Crippen molar-refractivity contribution in [1.82, 2.24) is 4.90 Å². The van der Waals surface area contributed by atoms with Crippen LogP contribution in [0.5, 0.6) is 0 Å². The van der Waals surface area contributed by atoms with E-state index < -0.39 is 5.60 Å². The van der Waals surface area contributed by atoms with Gasteiger partial charge in [0.1, 0.15) is 5.60 Å². The third-order valence-electron chi connectivity index (χ3n) is 3.28. The van der Waals surface area contributed by atoms with Gasteiger partial charge in [-0.25, -0.2) is 4.79 Å². The minimum Gasteiger partial charge on any atom is -0.444 e. The summed E-state index contributed by atoms with van der Waals surface area (Å²) >= 11 is 0. The number of nitrogens with two attached hydrogens (primary N) is 1. The van der Waals surface area contributed by atoms with Crippen LogP contribution in [0.15, 0.2) is 0 Å². The summed E-state index contributed by atoms with van der Waals surface area (Å²) in [6.07, 6.45) is 1.99. The number of likely N-dealkylation sites (tertiary alicyclic amines) is 1. The van der Waals surface area contributed by atoms with Crippen molar-refractivity contribution in [2.75, 3.05) is 6.54 Å². The Morgan fingerprint density at radius 3 is 2.47 bits per heavy atom. The van der Waals surface area contributed by atoms with Crippen molar-refractivity contribution >= 4 is 6.09 Å². The molecule has 0 aromatic rings. The maximum absolute atomic E-state index is 11.8. The molecule has 0 aromatic heterocycles. The first kappa shape index (κ1) is 10.7. The minimum absolute atomic E-state index is 0.164. The molecule has 1 amide bonds. The number of rotatable bonds is 0. The monoisotopic (exact) mass is 212 g/mol. The second-order valence-electron chi connectivity index (χ2n) is 5.61. The molecule has 2 N–H and O–H groups in total. The molecule has 4 nitrogen and oxygen atoms in total. The number of carbonyl (C=O) groups excluding carboxylic acids is 1. The highest BCUT2D eigenvalue weighted by molar-refractivity contribution is 5.69. The molecule has 0 spiro atoms. The Hall–Kier alpha value is -0.770. The van der Waals surface area contributed by atoms with Crippen molar-refractivity contribution in [2.24, 2.45) is 11.7 Å². The Morgan fingerprint density at radius 2 is 2.07 bits per heavy atom. The number of hydrogen-bond donors (Lipinski definition) is 1. The molecule has 2 rings (SSSR count). The standard InChI is InChI=1S/C11H20N2O2/c1-11(2,3)15-10(14)13-6-7-4-5-8(13)9(7)12/h7-9H,4-6,12H2,1-3H3/t7-,8+,9-/m1/s1. The maximum atomic E-state index is 11.8. The number of carbonyl (C=O) groups is 1. The average Bonchev–Trinajstić information content (AvgIpc) is 2.59. The molecule has 2 fully saturated rings. The molecular weight excluding hydrogens is 192 g/mol. The van der Waals surface area contributed by atoms with Gasteiger partial charge in [0.2, 0.25) is 0 Å². The molecule has 1 aliphatic heterocycles. The largest absolute Gasteiger partial charge is 0.444 e. The van der Waals surface area contributed by atoms with Crippen LogP contribution in [0.3, 0.4) is 0 Å². The van der Waals surface area contributed by atoms with Crippen LogP contribution in [0, 0.1) is 5.92 Å². The second-order valence-corrected chi connectivity index (χ2v) is 5.61. The summed E-state index contributed by atoms with van der Waals surface area (Å²) in [5.41, 5.74) is 5.61. The molecule has 15 heavy (non-hydrogen) atoms. The summed E-state index contributed by atoms with van der Waals surface area (Å²) in [6.45, 7) is 6.44. The Kier molecular flexibility index (Phi) is 2.41. The van der Waals surface area contributed by atoms with Gasteiger partial charge in [0, 0.05) is 12.6 Å². The topological polar surface area (TPSA) is 55.6 Å². The van der Waals surface area contributed by atoms with E-state index in [1.165, 1.54) is 0 Å². The number of hydrogen-bond acceptors (Lipinski definition) is 3. The van der Waals surface area contributed by atoms with Crippen molar-refractivity contribution in [2.45, 2.75) is 51.3 Å². The van der Waals surface area contributed by atoms with Crippen LogP contribution in [-0.2, 0) is 4.74 Å². The van der Waals surface area contributed by atoms with E-state index in [1.807, 2.05) is 25.7 Å². The molecule has 1 heterocycles. The van der Waals surface area contributed by atoms with Gasteiger partial charge in [-0.1, -0.05) is 0 Å². The molecule has 1 saturated carbocycles. The first-order valence-electron chi connectivity index (χ1n) is 5.64. The molecule has 2 aliphatic rings. The predicted octanol–water partition coefficient (Wildman–Crippen LogP) is 1.34. The van der Waals surface area contributed by atoms with E-state index in [0.717, 1.165) is 19.4 Å². The first-order chi connectivity index (χ1) is 6.88. The summed E-state index contributed by atoms with van der Waals surface area (Å²) in [5, 5.41) is 0. The van der Waals surface area contributed by atoms with E-state index in [1.54, 1.807) is 0 Å². The van der Waals surface area contributed by atoms with Crippen LogP contribution in [0.2, 0.25) is 0 Å². The van der Waals surface area contributed by atoms with E-state index in [0.29, 0.717) is 5.92 Å². The molecule has 0 radical (unpaired) electrons. The molecule has 2 bridgehead atoms. The Labute approximate surface area is 90.8 Å². The van der Waals surface area contributed by atoms with Crippen molar-refractivity contribution in [3.05, 3.63) is 0 Å². The first-order valence-corrected chi connectivity index (χ1v) is 5.64. The number of fused-ring (bicyclic) bond motifs is 2. The van der Waals surface area contributed by atoms with Crippen LogP contribution < -0.4 is 5.73 Å². The van der Waals surface area contributed by atoms with Crippen molar-refractivity contribution < 1.29 is 9.53 Å². The molecule has 1 aliphatic carbocycles. The molecule has 1 saturated heterocycles. The van der Waals surface area contributed by atoms with E-state index in [9.17, 15) is 4.79 Å². The van der Waals surface area contributed by atoms with E-state index in [-0.39, 0.29) is 18.2 Å². The van der Waals surface area contributed by atoms with Gasteiger partial charge in [0.25, 0.3) is 0 Å². The van der Waals surface area contributed by atoms with Crippen molar-refractivity contribution in [1.29, 1.82) is 0 Å². The quantitative estimate of drug-likeness (QED) is 0.659. The highest BCUT2D eigenvalue weighted by atomic mass is 16.6. The minimum atomic E-state index is -0.414. The smallest absolute Gasteiger partial charge is 0.410 e. The van der Waals surface area contributed by atoms with Gasteiger partial charge in [-0.05, 0) is 39.5 Å². The lowest BCUT2D eigenvalue weighted by Gasteiger charge is -2.30. The van der Waals surface area contributed by atoms with Crippen LogP contribution in [0.4, 0.5) is 4.79 Å². The fourth-order valence-corrected chi connectivity index (χ4v) is 2.58. The second kappa shape index (κ2) is 3.37. The third-order valence-corrected chi connectivity index (χ3v) is 3.28. The molecule has 0 unspecified atom stereocenters. The summed E-state index contributed by atoms with van der Waals surface area (Å²) in [7, 11) is 0. The zero-order chi connectivity index (χ0) is 11.2. The Balaban J connectivity index is 1.99. The van der Waals surface area contributed by atoms with Crippen LogP contribution in [0.1, 0.15) is 33.6 Å². The van der Waals surface area contributed by atoms with Gasteiger partial charge in [0.05, 0.1) is 6.04 Å². The number of ether oxygens (including phenoxy) is 1. The SMILES string of the molecule is CC(C)(C)OC(=O)N1C[C@H]2CC[C@H]1[C@@H]2N. The summed E-state index contributed by atoms with van der Waals surface area (Å²) < 4.78 is 5.35. The van der Waals surface area contributed by atoms with Gasteiger partial charge in [-0.3, -0.25) is 0 Å². The third kappa shape index (κ3) is 1.95. The van der Waals surface area contributed by atoms with Crippen LogP contribution in [0.25, 0.3) is 0 Å². The van der Waals surface area contributed by atoms with Gasteiger partial charge in [0.15, 0.2) is 0 Å². The number of piperidine rings is 1. The lowest BCUT2D eigenvalue weighted by Crippen LogP contribution is -2.44. The van der Waals surface area contributed by atoms with Crippen LogP contribution in [-0.4, -0.2) is 35.2 Å². The van der Waals surface area contributed by atoms with Gasteiger partial charge in [-0.15, -0.1) is 0 Å². The molecule has 4 heteroatoms. The fourth-order valence-electron chi connectivity index (χ4n) is 2.58. The zero-order valence-corrected chi connectivity index (χ0v) is 9.69. The number of nitrogens with zero attached hydrogens (tertiary/aromatic N) is 1. The highest BCUT2D eigenvalue weighted by Crippen LogP contribution is 2.37. The Bertz CT molecular complexity index is 272. The van der Waals surface area contributed by atoms with Crippen LogP contribution >= 0.6 is 0 Å². The van der Waals surface area contributed by atoms with Crippen molar-refractivity contribution in [3.63, 3.8) is 0 Å². The molecular formula is C11H20N2O2. The lowest BCUT2D eigenvalue weighted by molar-refractivity contribution is 0.0188. The molecule has 0 aromatic carbocycles.